The highest BCUT2D eigenvalue weighted by molar-refractivity contribution is 5.73. The zero-order chi connectivity index (χ0) is 21.5. The lowest BCUT2D eigenvalue weighted by Gasteiger charge is -2.30. The number of hydrogen-bond donors (Lipinski definition) is 2. The molecule has 2 aliphatic rings. The Bertz CT molecular complexity index is 799. The SMILES string of the molecule is C[C@@H]1CCCN(Cc2ccc(CNC(=O)NC[C@@H](c3ccco3)N3CCCC3)cc2)C1. The molecule has 1 aromatic carbocycles. The fourth-order valence-corrected chi connectivity index (χ4v) is 4.83. The second-order valence-corrected chi connectivity index (χ2v) is 9.14. The molecule has 2 aliphatic heterocycles. The average molecular weight is 425 g/mol. The van der Waals surface area contributed by atoms with Crippen LogP contribution in [0.3, 0.4) is 0 Å². The number of carbonyl (C=O) groups excluding carboxylic acids is 1. The molecule has 168 valence electrons. The molecule has 6 heteroatoms. The quantitative estimate of drug-likeness (QED) is 0.668. The van der Waals surface area contributed by atoms with Crippen molar-refractivity contribution in [3.8, 4) is 0 Å². The van der Waals surface area contributed by atoms with Crippen molar-refractivity contribution < 1.29 is 9.21 Å². The van der Waals surface area contributed by atoms with Gasteiger partial charge in [-0.05, 0) is 74.5 Å². The van der Waals surface area contributed by atoms with Crippen molar-refractivity contribution in [2.24, 2.45) is 5.92 Å². The fourth-order valence-electron chi connectivity index (χ4n) is 4.83. The molecule has 1 aromatic heterocycles. The Hall–Kier alpha value is -2.31. The van der Waals surface area contributed by atoms with Gasteiger partial charge >= 0.3 is 6.03 Å². The van der Waals surface area contributed by atoms with Crippen molar-refractivity contribution in [3.63, 3.8) is 0 Å². The highest BCUT2D eigenvalue weighted by Gasteiger charge is 2.25. The second kappa shape index (κ2) is 10.8. The smallest absolute Gasteiger partial charge is 0.315 e. The Morgan fingerprint density at radius 2 is 1.84 bits per heavy atom. The molecular formula is C25H36N4O2. The summed E-state index contributed by atoms with van der Waals surface area (Å²) >= 11 is 0. The summed E-state index contributed by atoms with van der Waals surface area (Å²) in [4.78, 5) is 17.3. The van der Waals surface area contributed by atoms with E-state index in [4.69, 9.17) is 4.42 Å². The second-order valence-electron chi connectivity index (χ2n) is 9.14. The molecule has 0 unspecified atom stereocenters. The molecule has 0 bridgehead atoms. The highest BCUT2D eigenvalue weighted by atomic mass is 16.3. The molecule has 2 aromatic rings. The van der Waals surface area contributed by atoms with Crippen LogP contribution in [0.4, 0.5) is 4.79 Å². The summed E-state index contributed by atoms with van der Waals surface area (Å²) in [6, 6.07) is 12.5. The van der Waals surface area contributed by atoms with Crippen LogP contribution >= 0.6 is 0 Å². The largest absolute Gasteiger partial charge is 0.468 e. The van der Waals surface area contributed by atoms with E-state index in [2.05, 4.69) is 51.6 Å². The van der Waals surface area contributed by atoms with Gasteiger partial charge in [0.05, 0.1) is 12.3 Å². The Morgan fingerprint density at radius 1 is 1.06 bits per heavy atom. The summed E-state index contributed by atoms with van der Waals surface area (Å²) < 4.78 is 5.62. The molecule has 3 heterocycles. The van der Waals surface area contributed by atoms with Crippen LogP contribution in [0, 0.1) is 5.92 Å². The van der Waals surface area contributed by atoms with E-state index in [1.807, 2.05) is 12.1 Å². The molecule has 2 saturated heterocycles. The van der Waals surface area contributed by atoms with Crippen LogP contribution < -0.4 is 10.6 Å². The summed E-state index contributed by atoms with van der Waals surface area (Å²) in [6.07, 6.45) is 6.76. The number of nitrogens with zero attached hydrogens (tertiary/aromatic N) is 2. The zero-order valence-corrected chi connectivity index (χ0v) is 18.7. The first-order valence-corrected chi connectivity index (χ1v) is 11.8. The Labute approximate surface area is 186 Å². The normalized spacial score (nSPS) is 21.1. The number of nitrogens with one attached hydrogen (secondary N) is 2. The van der Waals surface area contributed by atoms with Crippen LogP contribution in [0.5, 0.6) is 0 Å². The van der Waals surface area contributed by atoms with Crippen molar-refractivity contribution in [2.45, 2.75) is 51.7 Å². The third-order valence-corrected chi connectivity index (χ3v) is 6.53. The molecule has 4 rings (SSSR count). The monoisotopic (exact) mass is 424 g/mol. The number of likely N-dealkylation sites (tertiary alicyclic amines) is 2. The van der Waals surface area contributed by atoms with Gasteiger partial charge in [-0.3, -0.25) is 9.80 Å². The van der Waals surface area contributed by atoms with Gasteiger partial charge in [0, 0.05) is 26.2 Å². The summed E-state index contributed by atoms with van der Waals surface area (Å²) in [7, 11) is 0. The Morgan fingerprint density at radius 3 is 2.55 bits per heavy atom. The molecule has 0 saturated carbocycles. The van der Waals surface area contributed by atoms with E-state index >= 15 is 0 Å². The van der Waals surface area contributed by atoms with Gasteiger partial charge in [0.15, 0.2) is 0 Å². The highest BCUT2D eigenvalue weighted by Crippen LogP contribution is 2.24. The predicted molar refractivity (Wildman–Crippen MR) is 123 cm³/mol. The number of urea groups is 1. The lowest BCUT2D eigenvalue weighted by atomic mass is 9.99. The van der Waals surface area contributed by atoms with E-state index in [1.165, 1.54) is 44.3 Å². The predicted octanol–water partition coefficient (Wildman–Crippen LogP) is 4.15. The summed E-state index contributed by atoms with van der Waals surface area (Å²) in [5.74, 6) is 1.72. The van der Waals surface area contributed by atoms with Crippen molar-refractivity contribution in [1.82, 2.24) is 20.4 Å². The average Bonchev–Trinajstić information content (AvgIpc) is 3.49. The summed E-state index contributed by atoms with van der Waals surface area (Å²) in [6.45, 7) is 8.94. The number of rotatable bonds is 8. The van der Waals surface area contributed by atoms with Crippen LogP contribution in [0.1, 0.15) is 55.5 Å². The molecule has 2 atom stereocenters. The minimum absolute atomic E-state index is 0.0973. The van der Waals surface area contributed by atoms with E-state index in [0.29, 0.717) is 13.1 Å². The maximum Gasteiger partial charge on any atom is 0.315 e. The number of amides is 2. The fraction of sp³-hybridized carbons (Fsp3) is 0.560. The standard InChI is InChI=1S/C25H36N4O2/c1-20-6-4-12-28(18-20)19-22-10-8-21(9-11-22)16-26-25(30)27-17-23(24-7-5-15-31-24)29-13-2-3-14-29/h5,7-11,15,20,23H,2-4,6,12-14,16-19H2,1H3,(H2,26,27,30)/t20-,23+/m1/s1. The number of piperidine rings is 1. The first kappa shape index (κ1) is 21.9. The molecule has 2 fully saturated rings. The molecular weight excluding hydrogens is 388 g/mol. The maximum atomic E-state index is 12.4. The van der Waals surface area contributed by atoms with Crippen LogP contribution in [-0.4, -0.2) is 48.6 Å². The van der Waals surface area contributed by atoms with E-state index in [-0.39, 0.29) is 12.1 Å². The van der Waals surface area contributed by atoms with Gasteiger partial charge in [0.1, 0.15) is 5.76 Å². The lowest BCUT2D eigenvalue weighted by molar-refractivity contribution is 0.176. The minimum atomic E-state index is -0.137. The number of benzene rings is 1. The van der Waals surface area contributed by atoms with Crippen LogP contribution in [0.15, 0.2) is 47.1 Å². The molecule has 6 nitrogen and oxygen atoms in total. The van der Waals surface area contributed by atoms with Crippen molar-refractivity contribution >= 4 is 6.03 Å². The first-order chi connectivity index (χ1) is 15.2. The van der Waals surface area contributed by atoms with Gasteiger partial charge in [0.25, 0.3) is 0 Å². The lowest BCUT2D eigenvalue weighted by Crippen LogP contribution is -2.41. The topological polar surface area (TPSA) is 60.8 Å². The van der Waals surface area contributed by atoms with Crippen molar-refractivity contribution in [3.05, 3.63) is 59.5 Å². The minimum Gasteiger partial charge on any atom is -0.468 e. The molecule has 0 spiro atoms. The van der Waals surface area contributed by atoms with E-state index < -0.39 is 0 Å². The van der Waals surface area contributed by atoms with Gasteiger partial charge in [-0.15, -0.1) is 0 Å². The third kappa shape index (κ3) is 6.34. The molecule has 0 aliphatic carbocycles. The summed E-state index contributed by atoms with van der Waals surface area (Å²) in [5.41, 5.74) is 2.46. The Balaban J connectivity index is 1.22. The van der Waals surface area contributed by atoms with Gasteiger partial charge in [-0.25, -0.2) is 4.79 Å². The molecule has 0 radical (unpaired) electrons. The van der Waals surface area contributed by atoms with Gasteiger partial charge in [0.2, 0.25) is 0 Å². The van der Waals surface area contributed by atoms with Crippen molar-refractivity contribution in [2.75, 3.05) is 32.7 Å². The third-order valence-electron chi connectivity index (χ3n) is 6.53. The van der Waals surface area contributed by atoms with Crippen LogP contribution in [-0.2, 0) is 13.1 Å². The van der Waals surface area contributed by atoms with Gasteiger partial charge < -0.3 is 15.1 Å². The number of carbonyl (C=O) groups is 1. The molecule has 31 heavy (non-hydrogen) atoms. The van der Waals surface area contributed by atoms with Gasteiger partial charge in [-0.2, -0.15) is 0 Å². The molecule has 2 N–H and O–H groups in total. The number of hydrogen-bond acceptors (Lipinski definition) is 4. The van der Waals surface area contributed by atoms with Gasteiger partial charge in [-0.1, -0.05) is 31.2 Å². The summed E-state index contributed by atoms with van der Waals surface area (Å²) in [5, 5.41) is 6.02. The Kier molecular flexibility index (Phi) is 7.65. The zero-order valence-electron chi connectivity index (χ0n) is 18.7. The van der Waals surface area contributed by atoms with E-state index in [1.54, 1.807) is 6.26 Å². The number of furan rings is 1. The molecule has 2 amide bonds. The maximum absolute atomic E-state index is 12.4. The van der Waals surface area contributed by atoms with Crippen molar-refractivity contribution in [1.29, 1.82) is 0 Å². The first-order valence-electron chi connectivity index (χ1n) is 11.8. The van der Waals surface area contributed by atoms with E-state index in [9.17, 15) is 4.79 Å². The van der Waals surface area contributed by atoms with Crippen LogP contribution in [0.2, 0.25) is 0 Å². The van der Waals surface area contributed by atoms with Crippen LogP contribution in [0.25, 0.3) is 0 Å². The van der Waals surface area contributed by atoms with E-state index in [0.717, 1.165) is 36.9 Å².